The molecule has 0 radical (unpaired) electrons. The summed E-state index contributed by atoms with van der Waals surface area (Å²) >= 11 is 6.40. The zero-order valence-corrected chi connectivity index (χ0v) is 62.2. The number of ketones is 2. The van der Waals surface area contributed by atoms with Gasteiger partial charge in [0.1, 0.15) is 46.9 Å². The van der Waals surface area contributed by atoms with Gasteiger partial charge in [-0.3, -0.25) is 9.59 Å². The number of fused-ring (bicyclic) bond motifs is 5. The standard InChI is InChI=1S/C83H94F4N4O4S4/c1-9-17-23-25-27-33-55(31-21-13-5)94-71-37-57(35-63-75(53(47-88)48-89)59-39-67(84)69(86)41-61(59)77(63)92)96-81(71)73-43-65-79(98-73)80-66(83(65,45-51(15-7)29-19-11-3)46-52(16-8)30-20-12-4)44-74(99-80)82-72(95-56(32-22-14-6)34-28-26-24-18-10-2)38-58(97-82)36-64-76(54(49-90)50-91)60-40-68(85)70(87)42-62(60)78(64)93/h35-44,51-52,55-56H,9-34,45-46H2,1-8H3/b63-35-,64-36-. The first kappa shape index (κ1) is 76.0. The maximum Gasteiger partial charge on any atom is 0.194 e. The van der Waals surface area contributed by atoms with Crippen LogP contribution in [0.15, 0.2) is 70.8 Å². The first-order valence-electron chi connectivity index (χ1n) is 36.5. The summed E-state index contributed by atoms with van der Waals surface area (Å²) in [7, 11) is 0. The summed E-state index contributed by atoms with van der Waals surface area (Å²) in [5.41, 5.74) is 1.05. The molecule has 0 spiro atoms. The first-order valence-corrected chi connectivity index (χ1v) is 39.8. The van der Waals surface area contributed by atoms with Crippen LogP contribution < -0.4 is 9.47 Å². The van der Waals surface area contributed by atoms with E-state index in [1.54, 1.807) is 34.8 Å². The van der Waals surface area contributed by atoms with Crippen LogP contribution in [-0.2, 0) is 5.41 Å². The molecular weight excluding hydrogens is 1320 g/mol. The van der Waals surface area contributed by atoms with E-state index in [0.29, 0.717) is 33.1 Å². The van der Waals surface area contributed by atoms with Gasteiger partial charge in [0.15, 0.2) is 34.8 Å². The van der Waals surface area contributed by atoms with Gasteiger partial charge in [0.2, 0.25) is 0 Å². The summed E-state index contributed by atoms with van der Waals surface area (Å²) < 4.78 is 74.9. The van der Waals surface area contributed by atoms with Gasteiger partial charge in [0, 0.05) is 68.1 Å². The van der Waals surface area contributed by atoms with Gasteiger partial charge in [0.25, 0.3) is 0 Å². The van der Waals surface area contributed by atoms with Crippen molar-refractivity contribution < 1.29 is 36.6 Å². The normalized spacial score (nSPS) is 16.5. The lowest BCUT2D eigenvalue weighted by atomic mass is 9.65. The van der Waals surface area contributed by atoms with Crippen LogP contribution in [0.25, 0.3) is 52.6 Å². The molecule has 0 saturated carbocycles. The van der Waals surface area contributed by atoms with Crippen molar-refractivity contribution in [1.82, 2.24) is 0 Å². The molecule has 0 N–H and O–H groups in total. The number of rotatable bonds is 38. The number of benzene rings is 2. The van der Waals surface area contributed by atoms with Crippen LogP contribution in [0.5, 0.6) is 11.5 Å². The lowest BCUT2D eigenvalue weighted by molar-refractivity contribution is 0.103. The second-order valence-electron chi connectivity index (χ2n) is 27.2. The van der Waals surface area contributed by atoms with Gasteiger partial charge in [-0.2, -0.15) is 21.0 Å². The van der Waals surface area contributed by atoms with E-state index in [0.717, 1.165) is 224 Å². The summed E-state index contributed by atoms with van der Waals surface area (Å²) in [5, 5.41) is 41.3. The van der Waals surface area contributed by atoms with Gasteiger partial charge in [-0.25, -0.2) is 17.6 Å². The van der Waals surface area contributed by atoms with Crippen molar-refractivity contribution in [1.29, 1.82) is 21.0 Å². The molecule has 8 nitrogen and oxygen atoms in total. The maximum atomic E-state index is 15.1. The van der Waals surface area contributed by atoms with E-state index in [1.807, 2.05) is 36.4 Å². The molecule has 0 amide bonds. The third-order valence-corrected chi connectivity index (χ3v) is 25.2. The number of nitriles is 4. The Balaban J connectivity index is 1.29. The Hall–Kier alpha value is -7.18. The first-order chi connectivity index (χ1) is 48.0. The highest BCUT2D eigenvalue weighted by Crippen LogP contribution is 2.65. The van der Waals surface area contributed by atoms with E-state index in [9.17, 15) is 39.4 Å². The lowest BCUT2D eigenvalue weighted by Gasteiger charge is -2.37. The van der Waals surface area contributed by atoms with E-state index in [1.165, 1.54) is 43.6 Å². The van der Waals surface area contributed by atoms with Crippen LogP contribution in [0.1, 0.15) is 288 Å². The molecule has 16 heteroatoms. The van der Waals surface area contributed by atoms with Crippen LogP contribution in [-0.4, -0.2) is 23.8 Å². The van der Waals surface area contributed by atoms with Crippen molar-refractivity contribution >= 4 is 80.2 Å². The van der Waals surface area contributed by atoms with Crippen molar-refractivity contribution in [2.45, 2.75) is 253 Å². The Kier molecular flexibility index (Phi) is 27.6. The number of unbranched alkanes of at least 4 members (excludes halogenated alkanes) is 12. The highest BCUT2D eigenvalue weighted by molar-refractivity contribution is 7.29. The number of ether oxygens (including phenoxy) is 2. The van der Waals surface area contributed by atoms with Crippen molar-refractivity contribution in [3.05, 3.63) is 137 Å². The predicted octanol–water partition coefficient (Wildman–Crippen LogP) is 26.1. The van der Waals surface area contributed by atoms with Crippen molar-refractivity contribution in [3.63, 3.8) is 0 Å². The molecule has 4 aromatic heterocycles. The Labute approximate surface area is 600 Å². The molecule has 2 aromatic carbocycles. The fourth-order valence-corrected chi connectivity index (χ4v) is 19.8. The molecular formula is C83H94F4N4O4S4. The Morgan fingerprint density at radius 1 is 0.424 bits per heavy atom. The lowest BCUT2D eigenvalue weighted by Crippen LogP contribution is -2.31. The maximum absolute atomic E-state index is 15.1. The largest absolute Gasteiger partial charge is 0.489 e. The fraction of sp³-hybridized carbons (Fsp3) is 0.494. The molecule has 0 saturated heterocycles. The minimum absolute atomic E-state index is 0.00127. The van der Waals surface area contributed by atoms with Crippen molar-refractivity contribution in [2.24, 2.45) is 11.8 Å². The van der Waals surface area contributed by atoms with Crippen LogP contribution in [0.4, 0.5) is 17.6 Å². The molecule has 522 valence electrons. The summed E-state index contributed by atoms with van der Waals surface area (Å²) in [6.45, 7) is 17.9. The molecule has 9 rings (SSSR count). The van der Waals surface area contributed by atoms with Gasteiger partial charge in [-0.15, -0.1) is 45.3 Å². The number of nitrogens with zero attached hydrogens (tertiary/aromatic N) is 4. The highest BCUT2D eigenvalue weighted by atomic mass is 32.1. The summed E-state index contributed by atoms with van der Waals surface area (Å²) in [6.07, 6.45) is 31.7. The Bertz CT molecular complexity index is 3900. The second kappa shape index (κ2) is 35.9. The molecule has 0 fully saturated rings. The van der Waals surface area contributed by atoms with E-state index in [-0.39, 0.29) is 67.9 Å². The minimum Gasteiger partial charge on any atom is -0.489 e. The van der Waals surface area contributed by atoms with E-state index in [2.05, 4.69) is 67.5 Å². The SMILES string of the molecule is CCCCCCCC(CCCC)Oc1cc(/C=C2\C(=O)c3cc(F)c(F)cc3C2=C(C#N)C#N)sc1-c1cc2c(s1)-c1sc(-c3sc(/C=C4\C(=O)c5cc(F)c(F)cc5C4=C(C#N)C#N)cc3OC(CCCC)CCCCCCC)cc1C2(CC(CC)CCCC)CC(CC)CCCC. The van der Waals surface area contributed by atoms with Crippen molar-refractivity contribution in [2.75, 3.05) is 0 Å². The monoisotopic (exact) mass is 1410 g/mol. The van der Waals surface area contributed by atoms with Gasteiger partial charge >= 0.3 is 0 Å². The number of hydrogen-bond donors (Lipinski definition) is 0. The third kappa shape index (κ3) is 17.1. The molecule has 0 bridgehead atoms. The number of halogens is 4. The molecule has 0 aliphatic heterocycles. The average molecular weight is 1420 g/mol. The number of allylic oxidation sites excluding steroid dienone is 6. The average Bonchev–Trinajstić information content (AvgIpc) is 1.54. The van der Waals surface area contributed by atoms with E-state index < -0.39 is 40.3 Å². The van der Waals surface area contributed by atoms with E-state index in [4.69, 9.17) is 9.47 Å². The third-order valence-electron chi connectivity index (χ3n) is 20.2. The van der Waals surface area contributed by atoms with Crippen LogP contribution in [0.3, 0.4) is 0 Å². The predicted molar refractivity (Wildman–Crippen MR) is 399 cm³/mol. The summed E-state index contributed by atoms with van der Waals surface area (Å²) in [6, 6.07) is 19.9. The van der Waals surface area contributed by atoms with Gasteiger partial charge in [-0.05, 0) is 146 Å². The van der Waals surface area contributed by atoms with Crippen LogP contribution >= 0.6 is 45.3 Å². The smallest absolute Gasteiger partial charge is 0.194 e. The Morgan fingerprint density at radius 2 is 0.758 bits per heavy atom. The topological polar surface area (TPSA) is 148 Å². The molecule has 3 aliphatic carbocycles. The second-order valence-corrected chi connectivity index (χ2v) is 31.5. The molecule has 3 aliphatic rings. The van der Waals surface area contributed by atoms with Crippen molar-refractivity contribution in [3.8, 4) is 65.0 Å². The summed E-state index contributed by atoms with van der Waals surface area (Å²) in [5.74, 6) is -3.93. The van der Waals surface area contributed by atoms with Gasteiger partial charge < -0.3 is 9.47 Å². The number of hydrogen-bond acceptors (Lipinski definition) is 12. The zero-order chi connectivity index (χ0) is 70.9. The van der Waals surface area contributed by atoms with Crippen LogP contribution in [0.2, 0.25) is 0 Å². The van der Waals surface area contributed by atoms with E-state index >= 15 is 8.78 Å². The van der Waals surface area contributed by atoms with Crippen LogP contribution in [0, 0.1) is 80.4 Å². The zero-order valence-electron chi connectivity index (χ0n) is 58.9. The molecule has 4 atom stereocenters. The number of Topliss-reactive ketones (excluding diaryl/α,β-unsaturated/α-hetero) is 2. The number of carbonyl (C=O) groups is 2. The van der Waals surface area contributed by atoms with Gasteiger partial charge in [-0.1, -0.05) is 184 Å². The quantitative estimate of drug-likeness (QED) is 0.0161. The molecule has 99 heavy (non-hydrogen) atoms. The number of thiophene rings is 4. The highest BCUT2D eigenvalue weighted by Gasteiger charge is 2.49. The fourth-order valence-electron chi connectivity index (χ4n) is 14.8. The molecule has 6 aromatic rings. The summed E-state index contributed by atoms with van der Waals surface area (Å²) in [4.78, 5) is 36.3. The minimum atomic E-state index is -1.21. The number of carbonyl (C=O) groups excluding carboxylic acids is 2. The Morgan fingerprint density at radius 3 is 1.10 bits per heavy atom. The van der Waals surface area contributed by atoms with Gasteiger partial charge in [0.05, 0.1) is 22.0 Å². The molecule has 4 heterocycles. The molecule has 4 unspecified atom stereocenters.